The Morgan fingerprint density at radius 1 is 1.24 bits per heavy atom. The second kappa shape index (κ2) is 8.43. The number of nitriles is 1. The van der Waals surface area contributed by atoms with Gasteiger partial charge in [-0.2, -0.15) is 18.4 Å². The van der Waals surface area contributed by atoms with E-state index < -0.39 is 53.9 Å². The quantitative estimate of drug-likeness (QED) is 0.484. The largest absolute Gasteiger partial charge is 0.471 e. The number of likely N-dealkylation sites (tertiary alicyclic amines) is 1. The predicted molar refractivity (Wildman–Crippen MR) is 110 cm³/mol. The Labute approximate surface area is 194 Å². The van der Waals surface area contributed by atoms with Crippen LogP contribution in [0.5, 0.6) is 0 Å². The summed E-state index contributed by atoms with van der Waals surface area (Å²) in [6, 6.07) is -1.25. The SMILES string of the molecule is CC1(C)[C@@H]2[C@@H](C(=O)N[C@H](C#N)C[C@@H]3CCNC3=O)N(C(=O)[C@@H](NC(=O)C(F)(F)F)C3CC3)C[C@@H]21. The molecule has 186 valence electrons. The van der Waals surface area contributed by atoms with Crippen molar-refractivity contribution in [1.82, 2.24) is 20.9 Å². The average Bonchev–Trinajstić information content (AvgIpc) is 3.56. The van der Waals surface area contributed by atoms with Gasteiger partial charge in [-0.3, -0.25) is 19.2 Å². The molecule has 0 aromatic carbocycles. The summed E-state index contributed by atoms with van der Waals surface area (Å²) in [5.41, 5.74) is -0.240. The van der Waals surface area contributed by atoms with E-state index in [9.17, 15) is 37.6 Å². The van der Waals surface area contributed by atoms with Crippen LogP contribution in [0.4, 0.5) is 13.2 Å². The highest BCUT2D eigenvalue weighted by molar-refractivity contribution is 5.95. The van der Waals surface area contributed by atoms with Crippen molar-refractivity contribution in [2.75, 3.05) is 13.1 Å². The lowest BCUT2D eigenvalue weighted by molar-refractivity contribution is -0.175. The molecule has 0 aromatic heterocycles. The van der Waals surface area contributed by atoms with Crippen molar-refractivity contribution >= 4 is 23.6 Å². The molecule has 12 heteroatoms. The van der Waals surface area contributed by atoms with Crippen LogP contribution in [0.25, 0.3) is 0 Å². The first-order valence-corrected chi connectivity index (χ1v) is 11.5. The summed E-state index contributed by atoms with van der Waals surface area (Å²) in [4.78, 5) is 51.2. The van der Waals surface area contributed by atoms with Crippen molar-refractivity contribution in [3.63, 3.8) is 0 Å². The summed E-state index contributed by atoms with van der Waals surface area (Å²) < 4.78 is 38.5. The number of fused-ring (bicyclic) bond motifs is 1. The van der Waals surface area contributed by atoms with Gasteiger partial charge in [-0.1, -0.05) is 13.8 Å². The lowest BCUT2D eigenvalue weighted by Crippen LogP contribution is -2.58. The summed E-state index contributed by atoms with van der Waals surface area (Å²) in [6.07, 6.45) is -3.40. The van der Waals surface area contributed by atoms with E-state index in [1.54, 1.807) is 0 Å². The minimum atomic E-state index is -5.12. The second-order valence-electron chi connectivity index (χ2n) is 10.4. The van der Waals surface area contributed by atoms with Crippen molar-refractivity contribution < 1.29 is 32.3 Å². The van der Waals surface area contributed by atoms with Gasteiger partial charge >= 0.3 is 12.1 Å². The third-order valence-electron chi connectivity index (χ3n) is 7.82. The maximum Gasteiger partial charge on any atom is 0.471 e. The van der Waals surface area contributed by atoms with Crippen LogP contribution in [-0.2, 0) is 19.2 Å². The lowest BCUT2D eigenvalue weighted by Gasteiger charge is -2.33. The smallest absolute Gasteiger partial charge is 0.356 e. The van der Waals surface area contributed by atoms with Crippen molar-refractivity contribution in [2.45, 2.75) is 63.8 Å². The highest BCUT2D eigenvalue weighted by Crippen LogP contribution is 2.65. The molecule has 0 radical (unpaired) electrons. The van der Waals surface area contributed by atoms with Crippen LogP contribution >= 0.6 is 0 Å². The molecule has 2 saturated heterocycles. The van der Waals surface area contributed by atoms with Gasteiger partial charge in [0.2, 0.25) is 17.7 Å². The van der Waals surface area contributed by atoms with Gasteiger partial charge in [0, 0.05) is 19.0 Å². The minimum absolute atomic E-state index is 0.00786. The third-order valence-corrected chi connectivity index (χ3v) is 7.82. The standard InChI is InChI=1S/C22H28F3N5O4/c1-21(2)13-9-30(19(33)15(10-3-4-10)29-20(34)22(23,24)25)16(14(13)21)18(32)28-12(8-26)7-11-5-6-27-17(11)31/h10-16H,3-7,9H2,1-2H3,(H,27,31)(H,28,32)(H,29,34)/t11-,12-,13-,14-,15-,16-/m0/s1. The van der Waals surface area contributed by atoms with Gasteiger partial charge < -0.3 is 20.9 Å². The summed E-state index contributed by atoms with van der Waals surface area (Å²) in [7, 11) is 0. The summed E-state index contributed by atoms with van der Waals surface area (Å²) in [6.45, 7) is 4.62. The lowest BCUT2D eigenvalue weighted by atomic mass is 9.97. The van der Waals surface area contributed by atoms with Crippen molar-refractivity contribution in [1.29, 1.82) is 5.26 Å². The molecule has 2 heterocycles. The zero-order chi connectivity index (χ0) is 25.0. The van der Waals surface area contributed by atoms with Gasteiger partial charge in [0.25, 0.3) is 0 Å². The molecule has 9 nitrogen and oxygen atoms in total. The first kappa shape index (κ1) is 24.3. The molecule has 4 fully saturated rings. The highest BCUT2D eigenvalue weighted by Gasteiger charge is 2.70. The zero-order valence-corrected chi connectivity index (χ0v) is 18.9. The fraction of sp³-hybridized carbons (Fsp3) is 0.773. The Bertz CT molecular complexity index is 942. The van der Waals surface area contributed by atoms with E-state index in [0.29, 0.717) is 25.8 Å². The maximum absolute atomic E-state index is 13.3. The average molecular weight is 483 g/mol. The van der Waals surface area contributed by atoms with Crippen LogP contribution in [0.1, 0.15) is 39.5 Å². The van der Waals surface area contributed by atoms with E-state index in [1.807, 2.05) is 25.2 Å². The van der Waals surface area contributed by atoms with E-state index in [-0.39, 0.29) is 36.1 Å². The fourth-order valence-corrected chi connectivity index (χ4v) is 5.58. The molecule has 4 rings (SSSR count). The van der Waals surface area contributed by atoms with Gasteiger partial charge in [-0.15, -0.1) is 0 Å². The summed E-state index contributed by atoms with van der Waals surface area (Å²) in [5.74, 6) is -4.63. The number of hydrogen-bond acceptors (Lipinski definition) is 5. The molecular formula is C22H28F3N5O4. The first-order valence-electron chi connectivity index (χ1n) is 11.5. The summed E-state index contributed by atoms with van der Waals surface area (Å²) >= 11 is 0. The van der Waals surface area contributed by atoms with E-state index in [4.69, 9.17) is 0 Å². The van der Waals surface area contributed by atoms with Crippen molar-refractivity contribution in [2.24, 2.45) is 29.1 Å². The van der Waals surface area contributed by atoms with Crippen LogP contribution in [0, 0.1) is 40.4 Å². The van der Waals surface area contributed by atoms with Gasteiger partial charge in [0.15, 0.2) is 0 Å². The Hall–Kier alpha value is -2.84. The van der Waals surface area contributed by atoms with Crippen LogP contribution in [0.15, 0.2) is 0 Å². The molecule has 0 aromatic rings. The molecule has 0 unspecified atom stereocenters. The van der Waals surface area contributed by atoms with Crippen LogP contribution in [0.2, 0.25) is 0 Å². The van der Waals surface area contributed by atoms with Crippen molar-refractivity contribution in [3.05, 3.63) is 0 Å². The first-order chi connectivity index (χ1) is 15.9. The minimum Gasteiger partial charge on any atom is -0.356 e. The number of nitrogens with zero attached hydrogens (tertiary/aromatic N) is 2. The molecule has 0 spiro atoms. The van der Waals surface area contributed by atoms with E-state index in [1.165, 1.54) is 4.90 Å². The number of halogens is 3. The second-order valence-corrected chi connectivity index (χ2v) is 10.4. The number of rotatable bonds is 7. The highest BCUT2D eigenvalue weighted by atomic mass is 19.4. The Morgan fingerprint density at radius 3 is 2.44 bits per heavy atom. The number of carbonyl (C=O) groups is 4. The fourth-order valence-electron chi connectivity index (χ4n) is 5.58. The molecule has 0 bridgehead atoms. The third kappa shape index (κ3) is 4.44. The van der Waals surface area contributed by atoms with Gasteiger partial charge in [0.05, 0.1) is 6.07 Å². The molecule has 4 aliphatic rings. The number of nitrogens with one attached hydrogen (secondary N) is 3. The molecular weight excluding hydrogens is 455 g/mol. The molecule has 3 N–H and O–H groups in total. The van der Waals surface area contributed by atoms with Crippen molar-refractivity contribution in [3.8, 4) is 6.07 Å². The van der Waals surface area contributed by atoms with Gasteiger partial charge in [-0.25, -0.2) is 0 Å². The molecule has 6 atom stereocenters. The number of piperidine rings is 1. The number of carbonyl (C=O) groups excluding carboxylic acids is 4. The zero-order valence-electron chi connectivity index (χ0n) is 18.9. The number of amides is 4. The van der Waals surface area contributed by atoms with Gasteiger partial charge in [-0.05, 0) is 48.9 Å². The molecule has 34 heavy (non-hydrogen) atoms. The summed E-state index contributed by atoms with van der Waals surface area (Å²) in [5, 5.41) is 16.7. The Morgan fingerprint density at radius 2 is 1.91 bits per heavy atom. The molecule has 4 amide bonds. The normalized spacial score (nSPS) is 31.1. The predicted octanol–water partition coefficient (Wildman–Crippen LogP) is 0.461. The van der Waals surface area contributed by atoms with E-state index in [2.05, 4.69) is 10.6 Å². The van der Waals surface area contributed by atoms with Crippen LogP contribution in [-0.4, -0.2) is 65.9 Å². The Kier molecular flexibility index (Phi) is 6.02. The van der Waals surface area contributed by atoms with E-state index in [0.717, 1.165) is 0 Å². The maximum atomic E-state index is 13.3. The Balaban J connectivity index is 1.49. The monoisotopic (exact) mass is 483 g/mol. The molecule has 2 aliphatic heterocycles. The van der Waals surface area contributed by atoms with Crippen LogP contribution in [0.3, 0.4) is 0 Å². The topological polar surface area (TPSA) is 131 Å². The number of alkyl halides is 3. The molecule has 2 saturated carbocycles. The molecule has 2 aliphatic carbocycles. The van der Waals surface area contributed by atoms with E-state index >= 15 is 0 Å². The van der Waals surface area contributed by atoms with Gasteiger partial charge in [0.1, 0.15) is 18.1 Å². The van der Waals surface area contributed by atoms with Crippen LogP contribution < -0.4 is 16.0 Å². The number of hydrogen-bond donors (Lipinski definition) is 3.